The van der Waals surface area contributed by atoms with Gasteiger partial charge in [-0.05, 0) is 34.5 Å². The van der Waals surface area contributed by atoms with Gasteiger partial charge in [0.05, 0.1) is 9.40 Å². The summed E-state index contributed by atoms with van der Waals surface area (Å²) in [5.74, 6) is -0.164. The molecule has 0 fully saturated rings. The van der Waals surface area contributed by atoms with Crippen molar-refractivity contribution in [2.75, 3.05) is 6.61 Å². The van der Waals surface area contributed by atoms with E-state index in [0.717, 1.165) is 5.56 Å². The van der Waals surface area contributed by atoms with E-state index in [4.69, 9.17) is 4.74 Å². The third-order valence-electron chi connectivity index (χ3n) is 2.94. The van der Waals surface area contributed by atoms with E-state index in [0.29, 0.717) is 10.0 Å². The average Bonchev–Trinajstić information content (AvgIpc) is 2.45. The number of hydrogen-bond acceptors (Lipinski definition) is 4. The number of hydrogen-bond donors (Lipinski definition) is 0. The maximum absolute atomic E-state index is 12.1. The summed E-state index contributed by atoms with van der Waals surface area (Å²) in [5, 5.41) is 11.0. The zero-order valence-corrected chi connectivity index (χ0v) is 12.8. The lowest BCUT2D eigenvalue weighted by molar-refractivity contribution is -0.385. The first-order valence-electron chi connectivity index (χ1n) is 6.15. The average molecular weight is 350 g/mol. The van der Waals surface area contributed by atoms with Crippen LogP contribution in [0.5, 0.6) is 5.75 Å². The zero-order valence-electron chi connectivity index (χ0n) is 11.2. The van der Waals surface area contributed by atoms with Gasteiger partial charge in [0.25, 0.3) is 0 Å². The lowest BCUT2D eigenvalue weighted by Crippen LogP contribution is -2.13. The first-order chi connectivity index (χ1) is 10.0. The summed E-state index contributed by atoms with van der Waals surface area (Å²) in [4.78, 5) is 22.5. The van der Waals surface area contributed by atoms with Gasteiger partial charge in [0.2, 0.25) is 5.75 Å². The smallest absolute Gasteiger partial charge is 0.312 e. The zero-order chi connectivity index (χ0) is 15.4. The van der Waals surface area contributed by atoms with Gasteiger partial charge in [-0.2, -0.15) is 0 Å². The summed E-state index contributed by atoms with van der Waals surface area (Å²) in [7, 11) is 0. The summed E-state index contributed by atoms with van der Waals surface area (Å²) in [6.07, 6.45) is 0. The Balaban J connectivity index is 2.19. The number of nitro benzene ring substituents is 1. The molecule has 0 spiro atoms. The largest absolute Gasteiger partial charge is 0.478 e. The molecule has 0 saturated carbocycles. The van der Waals surface area contributed by atoms with Crippen molar-refractivity contribution >= 4 is 27.4 Å². The Labute approximate surface area is 129 Å². The van der Waals surface area contributed by atoms with Gasteiger partial charge in [0, 0.05) is 11.6 Å². The first kappa shape index (κ1) is 15.2. The van der Waals surface area contributed by atoms with Crippen LogP contribution in [0, 0.1) is 17.0 Å². The lowest BCUT2D eigenvalue weighted by atomic mass is 10.1. The molecule has 108 valence electrons. The molecule has 6 heteroatoms. The number of aryl methyl sites for hydroxylation is 1. The van der Waals surface area contributed by atoms with E-state index >= 15 is 0 Å². The van der Waals surface area contributed by atoms with Crippen LogP contribution in [-0.4, -0.2) is 17.3 Å². The van der Waals surface area contributed by atoms with Gasteiger partial charge in [0.15, 0.2) is 12.4 Å². The van der Waals surface area contributed by atoms with Crippen LogP contribution in [0.3, 0.4) is 0 Å². The molecular weight excluding hydrogens is 338 g/mol. The Hall–Kier alpha value is -2.21. The number of nitrogens with zero attached hydrogens (tertiary/aromatic N) is 1. The van der Waals surface area contributed by atoms with E-state index in [1.54, 1.807) is 18.2 Å². The molecule has 0 aromatic heterocycles. The minimum absolute atomic E-state index is 0.0597. The number of Topliss-reactive ketones (excluding diaryl/α,β-unsaturated/α-hetero) is 1. The molecule has 2 aromatic carbocycles. The Bertz CT molecular complexity index is 700. The van der Waals surface area contributed by atoms with Gasteiger partial charge in [-0.3, -0.25) is 14.9 Å². The monoisotopic (exact) mass is 349 g/mol. The van der Waals surface area contributed by atoms with E-state index in [-0.39, 0.29) is 23.8 Å². The van der Waals surface area contributed by atoms with Crippen molar-refractivity contribution < 1.29 is 14.5 Å². The number of rotatable bonds is 5. The second kappa shape index (κ2) is 6.49. The summed E-state index contributed by atoms with van der Waals surface area (Å²) in [6, 6.07) is 11.6. The summed E-state index contributed by atoms with van der Waals surface area (Å²) in [5.41, 5.74) is 1.21. The van der Waals surface area contributed by atoms with Crippen LogP contribution in [0.15, 0.2) is 46.9 Å². The topological polar surface area (TPSA) is 69.4 Å². The van der Waals surface area contributed by atoms with Crippen LogP contribution < -0.4 is 4.74 Å². The standard InChI is InChI=1S/C15H12BrNO4/c1-10-5-2-3-6-11(10)14(18)9-21-15-12(16)7-4-8-13(15)17(19)20/h2-8H,9H2,1H3. The molecular formula is C15H12BrNO4. The van der Waals surface area contributed by atoms with E-state index < -0.39 is 4.92 Å². The molecule has 0 aliphatic rings. The van der Waals surface area contributed by atoms with E-state index in [1.165, 1.54) is 12.1 Å². The Kier molecular flexibility index (Phi) is 4.70. The van der Waals surface area contributed by atoms with Gasteiger partial charge < -0.3 is 4.74 Å². The van der Waals surface area contributed by atoms with Gasteiger partial charge in [-0.25, -0.2) is 0 Å². The highest BCUT2D eigenvalue weighted by Gasteiger charge is 2.19. The molecule has 0 N–H and O–H groups in total. The molecule has 0 atom stereocenters. The van der Waals surface area contributed by atoms with Crippen molar-refractivity contribution in [2.24, 2.45) is 0 Å². The molecule has 0 aliphatic carbocycles. The Morgan fingerprint density at radius 2 is 1.95 bits per heavy atom. The maximum atomic E-state index is 12.1. The van der Waals surface area contributed by atoms with Crippen LogP contribution in [0.1, 0.15) is 15.9 Å². The second-order valence-electron chi connectivity index (χ2n) is 4.37. The number of carbonyl (C=O) groups excluding carboxylic acids is 1. The molecule has 0 aliphatic heterocycles. The minimum Gasteiger partial charge on any atom is -0.478 e. The number of benzene rings is 2. The molecule has 0 amide bonds. The van der Waals surface area contributed by atoms with Gasteiger partial charge in [-0.15, -0.1) is 0 Å². The highest BCUT2D eigenvalue weighted by atomic mass is 79.9. The number of halogens is 1. The van der Waals surface area contributed by atoms with Crippen molar-refractivity contribution in [1.82, 2.24) is 0 Å². The fraction of sp³-hybridized carbons (Fsp3) is 0.133. The molecule has 0 unspecified atom stereocenters. The van der Waals surface area contributed by atoms with Crippen molar-refractivity contribution in [3.63, 3.8) is 0 Å². The van der Waals surface area contributed by atoms with Crippen LogP contribution in [0.25, 0.3) is 0 Å². The molecule has 5 nitrogen and oxygen atoms in total. The van der Waals surface area contributed by atoms with Crippen molar-refractivity contribution in [1.29, 1.82) is 0 Å². The molecule has 0 saturated heterocycles. The number of nitro groups is 1. The minimum atomic E-state index is -0.543. The first-order valence-corrected chi connectivity index (χ1v) is 6.94. The third kappa shape index (κ3) is 3.46. The molecule has 2 rings (SSSR count). The van der Waals surface area contributed by atoms with Gasteiger partial charge in [-0.1, -0.05) is 30.3 Å². The van der Waals surface area contributed by atoms with Gasteiger partial charge >= 0.3 is 5.69 Å². The molecule has 21 heavy (non-hydrogen) atoms. The normalized spacial score (nSPS) is 10.2. The highest BCUT2D eigenvalue weighted by Crippen LogP contribution is 2.34. The Morgan fingerprint density at radius 1 is 1.24 bits per heavy atom. The van der Waals surface area contributed by atoms with Gasteiger partial charge in [0.1, 0.15) is 0 Å². The summed E-state index contributed by atoms with van der Waals surface area (Å²) in [6.45, 7) is 1.57. The van der Waals surface area contributed by atoms with Crippen molar-refractivity contribution in [3.05, 3.63) is 68.2 Å². The maximum Gasteiger partial charge on any atom is 0.312 e. The third-order valence-corrected chi connectivity index (χ3v) is 3.56. The second-order valence-corrected chi connectivity index (χ2v) is 5.23. The summed E-state index contributed by atoms with van der Waals surface area (Å²) >= 11 is 3.20. The number of ketones is 1. The lowest BCUT2D eigenvalue weighted by Gasteiger charge is -2.09. The number of para-hydroxylation sites is 1. The van der Waals surface area contributed by atoms with E-state index in [2.05, 4.69) is 15.9 Å². The van der Waals surface area contributed by atoms with Crippen molar-refractivity contribution in [2.45, 2.75) is 6.92 Å². The SMILES string of the molecule is Cc1ccccc1C(=O)COc1c(Br)cccc1[N+](=O)[O-]. The van der Waals surface area contributed by atoms with Crippen LogP contribution >= 0.6 is 15.9 Å². The Morgan fingerprint density at radius 3 is 2.62 bits per heavy atom. The molecule has 0 heterocycles. The molecule has 0 radical (unpaired) electrons. The molecule has 0 bridgehead atoms. The van der Waals surface area contributed by atoms with Crippen LogP contribution in [-0.2, 0) is 0 Å². The van der Waals surface area contributed by atoms with Crippen molar-refractivity contribution in [3.8, 4) is 5.75 Å². The fourth-order valence-corrected chi connectivity index (χ4v) is 2.36. The number of ether oxygens (including phenoxy) is 1. The number of carbonyl (C=O) groups is 1. The molecule has 2 aromatic rings. The predicted molar refractivity (Wildman–Crippen MR) is 81.8 cm³/mol. The summed E-state index contributed by atoms with van der Waals surface area (Å²) < 4.78 is 5.80. The van der Waals surface area contributed by atoms with E-state index in [1.807, 2.05) is 19.1 Å². The highest BCUT2D eigenvalue weighted by molar-refractivity contribution is 9.10. The van der Waals surface area contributed by atoms with Crippen LogP contribution in [0.2, 0.25) is 0 Å². The quantitative estimate of drug-likeness (QED) is 0.465. The fourth-order valence-electron chi connectivity index (χ4n) is 1.89. The predicted octanol–water partition coefficient (Wildman–Crippen LogP) is 3.93. The van der Waals surface area contributed by atoms with Crippen LogP contribution in [0.4, 0.5) is 5.69 Å². The van der Waals surface area contributed by atoms with E-state index in [9.17, 15) is 14.9 Å².